The van der Waals surface area contributed by atoms with Gasteiger partial charge in [0.05, 0.1) is 6.04 Å². The first kappa shape index (κ1) is 13.5. The van der Waals surface area contributed by atoms with E-state index >= 15 is 0 Å². The number of piperidine rings is 1. The highest BCUT2D eigenvalue weighted by Gasteiger charge is 2.47. The number of halogens is 1. The quantitative estimate of drug-likeness (QED) is 0.889. The molecule has 0 spiro atoms. The van der Waals surface area contributed by atoms with Crippen LogP contribution in [0.4, 0.5) is 4.39 Å². The maximum Gasteiger partial charge on any atom is 0.150 e. The van der Waals surface area contributed by atoms with E-state index in [1.165, 1.54) is 6.42 Å². The van der Waals surface area contributed by atoms with Crippen molar-refractivity contribution < 1.29 is 9.18 Å². The molecule has 1 saturated heterocycles. The van der Waals surface area contributed by atoms with Crippen molar-refractivity contribution in [2.75, 3.05) is 0 Å². The molecule has 1 aliphatic carbocycles. The van der Waals surface area contributed by atoms with Gasteiger partial charge in [-0.15, -0.1) is 0 Å². The summed E-state index contributed by atoms with van der Waals surface area (Å²) in [6, 6.07) is 10.0. The third-order valence-corrected chi connectivity index (χ3v) is 4.47. The van der Waals surface area contributed by atoms with Crippen LogP contribution >= 0.6 is 0 Å². The van der Waals surface area contributed by atoms with E-state index in [0.717, 1.165) is 12.0 Å². The average Bonchev–Trinajstić information content (AvgIpc) is 3.10. The van der Waals surface area contributed by atoms with Crippen LogP contribution < -0.4 is 5.32 Å². The second kappa shape index (κ2) is 5.49. The summed E-state index contributed by atoms with van der Waals surface area (Å²) in [4.78, 5) is 12.0. The van der Waals surface area contributed by atoms with Crippen LogP contribution in [0, 0.1) is 5.92 Å². The molecule has 0 unspecified atom stereocenters. The third kappa shape index (κ3) is 2.83. The molecule has 2 nitrogen and oxygen atoms in total. The number of Topliss-reactive ketones (excluding diaryl/α,β-unsaturated/α-hetero) is 1. The normalized spacial score (nSPS) is 28.8. The number of ketones is 1. The van der Waals surface area contributed by atoms with Crippen LogP contribution in [0.25, 0.3) is 5.57 Å². The van der Waals surface area contributed by atoms with Crippen LogP contribution in [-0.4, -0.2) is 17.9 Å². The molecule has 1 aromatic carbocycles. The highest BCUT2D eigenvalue weighted by Crippen LogP contribution is 2.41. The van der Waals surface area contributed by atoms with Crippen molar-refractivity contribution in [2.45, 2.75) is 44.7 Å². The number of hydrogen-bond acceptors (Lipinski definition) is 2. The molecule has 1 aliphatic heterocycles. The molecule has 2 fully saturated rings. The molecule has 3 atom stereocenters. The number of benzene rings is 1. The maximum absolute atomic E-state index is 14.1. The summed E-state index contributed by atoms with van der Waals surface area (Å²) in [5.74, 6) is 0.691. The number of fused-ring (bicyclic) bond motifs is 1. The predicted octanol–water partition coefficient (Wildman–Crippen LogP) is 3.49. The standard InChI is InChI=1S/C17H20FNO/c1-11(12-5-3-2-4-6-12)14(18)7-8-17(20)16-10-13-9-15(13)19-16/h2-6,13,15-16,19H,7-10H2,1H3/b14-11+/t13-,15-,16+/m1/s1. The first-order valence-electron chi connectivity index (χ1n) is 7.34. The summed E-state index contributed by atoms with van der Waals surface area (Å²) in [6.07, 6.45) is 2.68. The van der Waals surface area contributed by atoms with Crippen molar-refractivity contribution in [1.82, 2.24) is 5.32 Å². The van der Waals surface area contributed by atoms with Gasteiger partial charge in [0, 0.05) is 18.9 Å². The van der Waals surface area contributed by atoms with E-state index in [1.807, 2.05) is 30.3 Å². The minimum atomic E-state index is -0.173. The van der Waals surface area contributed by atoms with Crippen molar-refractivity contribution in [1.29, 1.82) is 0 Å². The highest BCUT2D eigenvalue weighted by molar-refractivity contribution is 5.85. The fourth-order valence-corrected chi connectivity index (χ4v) is 3.01. The van der Waals surface area contributed by atoms with Crippen molar-refractivity contribution >= 4 is 11.4 Å². The van der Waals surface area contributed by atoms with Gasteiger partial charge in [-0.2, -0.15) is 0 Å². The molecular formula is C17H20FNO. The second-order valence-corrected chi connectivity index (χ2v) is 5.92. The SMILES string of the molecule is C/C(=C(\F)CCC(=O)[C@@H]1C[C@H]2C[C@H]2N1)c1ccccc1. The van der Waals surface area contributed by atoms with E-state index in [9.17, 15) is 9.18 Å². The Balaban J connectivity index is 1.56. The Morgan fingerprint density at radius 3 is 2.65 bits per heavy atom. The Hall–Kier alpha value is -1.48. The first-order chi connectivity index (χ1) is 9.65. The summed E-state index contributed by atoms with van der Waals surface area (Å²) in [7, 11) is 0. The van der Waals surface area contributed by atoms with Crippen molar-refractivity contribution in [3.63, 3.8) is 0 Å². The largest absolute Gasteiger partial charge is 0.304 e. The Labute approximate surface area is 119 Å². The monoisotopic (exact) mass is 273 g/mol. The Morgan fingerprint density at radius 1 is 1.25 bits per heavy atom. The molecule has 3 heteroatoms. The number of hydrogen-bond donors (Lipinski definition) is 1. The van der Waals surface area contributed by atoms with Gasteiger partial charge in [-0.3, -0.25) is 4.79 Å². The summed E-state index contributed by atoms with van der Waals surface area (Å²) in [5, 5.41) is 3.32. The topological polar surface area (TPSA) is 29.1 Å². The van der Waals surface area contributed by atoms with E-state index in [2.05, 4.69) is 5.32 Å². The van der Waals surface area contributed by atoms with Gasteiger partial charge in [0.15, 0.2) is 0 Å². The summed E-state index contributed by atoms with van der Waals surface area (Å²) in [5.41, 5.74) is 1.53. The molecule has 1 N–H and O–H groups in total. The highest BCUT2D eigenvalue weighted by atomic mass is 19.1. The molecule has 2 aliphatic rings. The number of allylic oxidation sites excluding steroid dienone is 2. The van der Waals surface area contributed by atoms with E-state index in [0.29, 0.717) is 24.0 Å². The molecule has 1 saturated carbocycles. The maximum atomic E-state index is 14.1. The van der Waals surface area contributed by atoms with Gasteiger partial charge in [0.25, 0.3) is 0 Å². The smallest absolute Gasteiger partial charge is 0.150 e. The lowest BCUT2D eigenvalue weighted by atomic mass is 10.0. The second-order valence-electron chi connectivity index (χ2n) is 5.92. The fourth-order valence-electron chi connectivity index (χ4n) is 3.01. The molecule has 0 radical (unpaired) electrons. The van der Waals surface area contributed by atoms with Crippen molar-refractivity contribution in [3.8, 4) is 0 Å². The van der Waals surface area contributed by atoms with Crippen molar-refractivity contribution in [2.24, 2.45) is 5.92 Å². The molecule has 0 amide bonds. The van der Waals surface area contributed by atoms with Gasteiger partial charge in [0.1, 0.15) is 11.6 Å². The Morgan fingerprint density at radius 2 is 2.00 bits per heavy atom. The molecule has 1 heterocycles. The third-order valence-electron chi connectivity index (χ3n) is 4.47. The molecule has 1 aromatic rings. The lowest BCUT2D eigenvalue weighted by Gasteiger charge is -2.11. The Kier molecular flexibility index (Phi) is 3.70. The molecule has 106 valence electrons. The lowest BCUT2D eigenvalue weighted by molar-refractivity contribution is -0.121. The first-order valence-corrected chi connectivity index (χ1v) is 7.34. The molecule has 0 aromatic heterocycles. The van der Waals surface area contributed by atoms with Gasteiger partial charge in [-0.1, -0.05) is 30.3 Å². The summed E-state index contributed by atoms with van der Waals surface area (Å²) in [6.45, 7) is 1.78. The Bertz CT molecular complexity index is 527. The van der Waals surface area contributed by atoms with E-state index in [-0.39, 0.29) is 24.1 Å². The van der Waals surface area contributed by atoms with Crippen LogP contribution in [0.1, 0.15) is 38.2 Å². The van der Waals surface area contributed by atoms with Crippen LogP contribution in [-0.2, 0) is 4.79 Å². The van der Waals surface area contributed by atoms with Crippen LogP contribution in [0.2, 0.25) is 0 Å². The molecule has 3 rings (SSSR count). The zero-order valence-electron chi connectivity index (χ0n) is 11.7. The van der Waals surface area contributed by atoms with E-state index in [4.69, 9.17) is 0 Å². The minimum Gasteiger partial charge on any atom is -0.304 e. The molecule has 0 bridgehead atoms. The number of rotatable bonds is 5. The molecule has 20 heavy (non-hydrogen) atoms. The predicted molar refractivity (Wildman–Crippen MR) is 77.8 cm³/mol. The van der Waals surface area contributed by atoms with Crippen molar-refractivity contribution in [3.05, 3.63) is 41.7 Å². The van der Waals surface area contributed by atoms with Crippen LogP contribution in [0.3, 0.4) is 0 Å². The van der Waals surface area contributed by atoms with Gasteiger partial charge in [-0.25, -0.2) is 4.39 Å². The number of nitrogens with one attached hydrogen (secondary N) is 1. The molecular weight excluding hydrogens is 253 g/mol. The van der Waals surface area contributed by atoms with Crippen LogP contribution in [0.15, 0.2) is 36.2 Å². The van der Waals surface area contributed by atoms with Crippen LogP contribution in [0.5, 0.6) is 0 Å². The minimum absolute atomic E-state index is 0.0245. The fraction of sp³-hybridized carbons (Fsp3) is 0.471. The summed E-state index contributed by atoms with van der Waals surface area (Å²) >= 11 is 0. The van der Waals surface area contributed by atoms with E-state index in [1.54, 1.807) is 6.92 Å². The van der Waals surface area contributed by atoms with Gasteiger partial charge >= 0.3 is 0 Å². The lowest BCUT2D eigenvalue weighted by Crippen LogP contribution is -2.33. The van der Waals surface area contributed by atoms with Gasteiger partial charge < -0.3 is 5.32 Å². The van der Waals surface area contributed by atoms with Gasteiger partial charge in [-0.05, 0) is 36.8 Å². The zero-order chi connectivity index (χ0) is 14.1. The summed E-state index contributed by atoms with van der Waals surface area (Å²) < 4.78 is 14.1. The zero-order valence-corrected chi connectivity index (χ0v) is 11.7. The van der Waals surface area contributed by atoms with Gasteiger partial charge in [0.2, 0.25) is 0 Å². The number of carbonyl (C=O) groups is 1. The average molecular weight is 273 g/mol. The number of carbonyl (C=O) groups excluding carboxylic acids is 1. The van der Waals surface area contributed by atoms with E-state index < -0.39 is 0 Å².